The Morgan fingerprint density at radius 3 is 2.50 bits per heavy atom. The van der Waals surface area contributed by atoms with E-state index in [1.807, 2.05) is 27.7 Å². The molecule has 0 saturated heterocycles. The van der Waals surface area contributed by atoms with E-state index in [4.69, 9.17) is 4.74 Å². The number of ether oxygens (including phenoxy) is 1. The fourth-order valence-electron chi connectivity index (χ4n) is 1.40. The van der Waals surface area contributed by atoms with Gasteiger partial charge in [0.25, 0.3) is 0 Å². The summed E-state index contributed by atoms with van der Waals surface area (Å²) in [6.07, 6.45) is 1.82. The van der Waals surface area contributed by atoms with Crippen LogP contribution in [0.3, 0.4) is 0 Å². The summed E-state index contributed by atoms with van der Waals surface area (Å²) in [7, 11) is 0. The largest absolute Gasteiger partial charge is 0.390 e. The summed E-state index contributed by atoms with van der Waals surface area (Å²) in [4.78, 5) is 0. The average Bonchev–Trinajstić information content (AvgIpc) is 2.18. The molecular weight excluding hydrogens is 176 g/mol. The van der Waals surface area contributed by atoms with Crippen LogP contribution in [-0.2, 0) is 4.74 Å². The highest BCUT2D eigenvalue weighted by Crippen LogP contribution is 2.23. The highest BCUT2D eigenvalue weighted by molar-refractivity contribution is 4.96. The van der Waals surface area contributed by atoms with Crippen molar-refractivity contribution in [2.24, 2.45) is 0 Å². The molecule has 82 valence electrons. The molecule has 0 amide bonds. The maximum absolute atomic E-state index is 9.93. The van der Waals surface area contributed by atoms with Gasteiger partial charge in [-0.2, -0.15) is 0 Å². The van der Waals surface area contributed by atoms with Crippen molar-refractivity contribution >= 4 is 0 Å². The van der Waals surface area contributed by atoms with Crippen molar-refractivity contribution in [3.8, 4) is 11.8 Å². The van der Waals surface area contributed by atoms with Crippen LogP contribution in [0.25, 0.3) is 0 Å². The van der Waals surface area contributed by atoms with Gasteiger partial charge in [0, 0.05) is 13.0 Å². The minimum Gasteiger partial charge on any atom is -0.390 e. The normalized spacial score (nSPS) is 16.6. The fraction of sp³-hybridized carbons (Fsp3) is 0.833. The average molecular weight is 198 g/mol. The Balaban J connectivity index is 4.12. The van der Waals surface area contributed by atoms with Gasteiger partial charge >= 0.3 is 0 Å². The summed E-state index contributed by atoms with van der Waals surface area (Å²) >= 11 is 0. The summed E-state index contributed by atoms with van der Waals surface area (Å²) in [6, 6.07) is 0. The lowest BCUT2D eigenvalue weighted by atomic mass is 9.92. The molecule has 2 atom stereocenters. The highest BCUT2D eigenvalue weighted by atomic mass is 16.5. The van der Waals surface area contributed by atoms with Crippen molar-refractivity contribution in [3.63, 3.8) is 0 Å². The smallest absolute Gasteiger partial charge is 0.0909 e. The summed E-state index contributed by atoms with van der Waals surface area (Å²) in [6.45, 7) is 8.40. The van der Waals surface area contributed by atoms with Gasteiger partial charge in [-0.15, -0.1) is 11.8 Å². The van der Waals surface area contributed by atoms with Crippen LogP contribution in [0.15, 0.2) is 0 Å². The molecule has 0 aliphatic carbocycles. The van der Waals surface area contributed by atoms with E-state index in [9.17, 15) is 5.11 Å². The van der Waals surface area contributed by atoms with Crippen molar-refractivity contribution in [2.45, 2.75) is 58.7 Å². The molecule has 1 N–H and O–H groups in total. The molecule has 0 saturated carbocycles. The Morgan fingerprint density at radius 2 is 2.07 bits per heavy atom. The van der Waals surface area contributed by atoms with Gasteiger partial charge in [0.05, 0.1) is 11.7 Å². The number of aliphatic hydroxyl groups excluding tert-OH is 1. The maximum Gasteiger partial charge on any atom is 0.0909 e. The monoisotopic (exact) mass is 198 g/mol. The molecule has 0 aromatic carbocycles. The van der Waals surface area contributed by atoms with Crippen LogP contribution in [0, 0.1) is 11.8 Å². The number of rotatable bonds is 6. The van der Waals surface area contributed by atoms with Gasteiger partial charge in [0.15, 0.2) is 0 Å². The van der Waals surface area contributed by atoms with Crippen molar-refractivity contribution < 1.29 is 9.84 Å². The third kappa shape index (κ3) is 4.13. The quantitative estimate of drug-likeness (QED) is 0.664. The number of hydrogen-bond donors (Lipinski definition) is 1. The first kappa shape index (κ1) is 13.5. The second-order valence-corrected chi connectivity index (χ2v) is 3.58. The minimum absolute atomic E-state index is 0.413. The van der Waals surface area contributed by atoms with Crippen LogP contribution in [0.1, 0.15) is 47.0 Å². The van der Waals surface area contributed by atoms with E-state index < -0.39 is 11.7 Å². The zero-order valence-electron chi connectivity index (χ0n) is 9.76. The molecule has 0 radical (unpaired) electrons. The van der Waals surface area contributed by atoms with Crippen molar-refractivity contribution in [2.75, 3.05) is 6.61 Å². The third-order valence-corrected chi connectivity index (χ3v) is 2.60. The molecule has 2 unspecified atom stereocenters. The Kier molecular flexibility index (Phi) is 6.61. The molecule has 2 nitrogen and oxygen atoms in total. The second kappa shape index (κ2) is 6.86. The second-order valence-electron chi connectivity index (χ2n) is 3.58. The lowest BCUT2D eigenvalue weighted by molar-refractivity contribution is -0.112. The van der Waals surface area contributed by atoms with E-state index in [0.29, 0.717) is 13.0 Å². The molecule has 0 aliphatic heterocycles. The molecule has 0 rings (SSSR count). The molecule has 2 heteroatoms. The van der Waals surface area contributed by atoms with Gasteiger partial charge in [-0.25, -0.2) is 0 Å². The summed E-state index contributed by atoms with van der Waals surface area (Å²) in [5, 5.41) is 9.93. The molecule has 0 spiro atoms. The molecule has 0 aromatic rings. The molecule has 0 aromatic heterocycles. The van der Waals surface area contributed by atoms with Crippen molar-refractivity contribution in [1.29, 1.82) is 0 Å². The standard InChI is InChI=1S/C12H22O2/c1-5-8-9-10-11(13)12(4,6-2)14-7-3/h11,13H,6-7,9-10H2,1-4H3. The SMILES string of the molecule is CC#CCCC(O)C(C)(CC)OCC. The van der Waals surface area contributed by atoms with Gasteiger partial charge in [-0.3, -0.25) is 0 Å². The van der Waals surface area contributed by atoms with E-state index in [1.165, 1.54) is 0 Å². The lowest BCUT2D eigenvalue weighted by Crippen LogP contribution is -2.41. The van der Waals surface area contributed by atoms with Crippen LogP contribution < -0.4 is 0 Å². The van der Waals surface area contributed by atoms with E-state index >= 15 is 0 Å². The van der Waals surface area contributed by atoms with E-state index in [-0.39, 0.29) is 0 Å². The van der Waals surface area contributed by atoms with Crippen LogP contribution in [0.5, 0.6) is 0 Å². The molecule has 0 aliphatic rings. The van der Waals surface area contributed by atoms with Gasteiger partial charge in [0.1, 0.15) is 0 Å². The predicted octanol–water partition coefficient (Wildman–Crippen LogP) is 2.36. The van der Waals surface area contributed by atoms with E-state index in [2.05, 4.69) is 11.8 Å². The molecule has 0 heterocycles. The Morgan fingerprint density at radius 1 is 1.43 bits per heavy atom. The zero-order valence-corrected chi connectivity index (χ0v) is 9.76. The number of hydrogen-bond acceptors (Lipinski definition) is 2. The topological polar surface area (TPSA) is 29.5 Å². The first-order valence-corrected chi connectivity index (χ1v) is 5.32. The van der Waals surface area contributed by atoms with Gasteiger partial charge in [0.2, 0.25) is 0 Å². The summed E-state index contributed by atoms with van der Waals surface area (Å²) in [5.41, 5.74) is -0.413. The molecular formula is C12H22O2. The summed E-state index contributed by atoms with van der Waals surface area (Å²) in [5.74, 6) is 5.77. The van der Waals surface area contributed by atoms with Crippen molar-refractivity contribution in [3.05, 3.63) is 0 Å². The zero-order chi connectivity index (χ0) is 11.0. The lowest BCUT2D eigenvalue weighted by Gasteiger charge is -2.33. The fourth-order valence-corrected chi connectivity index (χ4v) is 1.40. The van der Waals surface area contributed by atoms with Crippen LogP contribution in [0.4, 0.5) is 0 Å². The van der Waals surface area contributed by atoms with Gasteiger partial charge in [-0.05, 0) is 33.6 Å². The summed E-state index contributed by atoms with van der Waals surface area (Å²) < 4.78 is 5.57. The van der Waals surface area contributed by atoms with Crippen molar-refractivity contribution in [1.82, 2.24) is 0 Å². The highest BCUT2D eigenvalue weighted by Gasteiger charge is 2.30. The molecule has 14 heavy (non-hydrogen) atoms. The minimum atomic E-state index is -0.423. The first-order valence-electron chi connectivity index (χ1n) is 5.32. The Hall–Kier alpha value is -0.520. The van der Waals surface area contributed by atoms with Gasteiger partial charge < -0.3 is 9.84 Å². The van der Waals surface area contributed by atoms with E-state index in [0.717, 1.165) is 12.8 Å². The van der Waals surface area contributed by atoms with Gasteiger partial charge in [-0.1, -0.05) is 6.92 Å². The van der Waals surface area contributed by atoms with Crippen LogP contribution >= 0.6 is 0 Å². The maximum atomic E-state index is 9.93. The molecule has 0 bridgehead atoms. The predicted molar refractivity (Wildman–Crippen MR) is 59.0 cm³/mol. The Labute approximate surface area is 87.7 Å². The van der Waals surface area contributed by atoms with Crippen LogP contribution in [-0.4, -0.2) is 23.4 Å². The first-order chi connectivity index (χ1) is 6.60. The number of aliphatic hydroxyl groups is 1. The molecule has 0 fully saturated rings. The van der Waals surface area contributed by atoms with Crippen LogP contribution in [0.2, 0.25) is 0 Å². The van der Waals surface area contributed by atoms with E-state index in [1.54, 1.807) is 0 Å². The third-order valence-electron chi connectivity index (χ3n) is 2.60. The Bertz CT molecular complexity index is 202.